The third kappa shape index (κ3) is 3.92. The zero-order valence-corrected chi connectivity index (χ0v) is 16.5. The van der Waals surface area contributed by atoms with Crippen LogP contribution in [0, 0.1) is 6.92 Å². The Hall–Kier alpha value is -3.97. The van der Waals surface area contributed by atoms with Crippen molar-refractivity contribution in [2.24, 2.45) is 0 Å². The van der Waals surface area contributed by atoms with Crippen molar-refractivity contribution in [2.75, 3.05) is 11.9 Å². The zero-order valence-electron chi connectivity index (χ0n) is 16.5. The van der Waals surface area contributed by atoms with Gasteiger partial charge in [-0.3, -0.25) is 10.0 Å². The number of hydrogen-bond donors (Lipinski definition) is 2. The maximum atomic E-state index is 11.4. The number of hydrogen-bond acceptors (Lipinski definition) is 6. The summed E-state index contributed by atoms with van der Waals surface area (Å²) < 4.78 is 5.93. The number of anilines is 2. The Morgan fingerprint density at radius 1 is 0.967 bits per heavy atom. The average molecular weight is 400 g/mol. The van der Waals surface area contributed by atoms with E-state index in [0.717, 1.165) is 22.4 Å². The number of para-hydroxylation sites is 1. The van der Waals surface area contributed by atoms with Crippen molar-refractivity contribution in [3.05, 3.63) is 84.2 Å². The van der Waals surface area contributed by atoms with Gasteiger partial charge in [-0.15, -0.1) is 0 Å². The van der Waals surface area contributed by atoms with Gasteiger partial charge in [0, 0.05) is 29.8 Å². The second kappa shape index (κ2) is 8.18. The predicted octanol–water partition coefficient (Wildman–Crippen LogP) is 4.62. The van der Waals surface area contributed by atoms with Gasteiger partial charge in [-0.1, -0.05) is 18.2 Å². The van der Waals surface area contributed by atoms with Gasteiger partial charge in [-0.25, -0.2) is 15.4 Å². The maximum absolute atomic E-state index is 11.4. The van der Waals surface area contributed by atoms with Crippen LogP contribution in [0.1, 0.15) is 16.2 Å². The van der Waals surface area contributed by atoms with Crippen LogP contribution in [0.25, 0.3) is 10.9 Å². The molecule has 0 spiro atoms. The van der Waals surface area contributed by atoms with Crippen molar-refractivity contribution in [2.45, 2.75) is 6.92 Å². The molecule has 2 N–H and O–H groups in total. The third-order valence-electron chi connectivity index (χ3n) is 4.67. The lowest BCUT2D eigenvalue weighted by Gasteiger charge is -2.21. The van der Waals surface area contributed by atoms with Crippen LogP contribution in [-0.2, 0) is 0 Å². The minimum absolute atomic E-state index is 0.337. The van der Waals surface area contributed by atoms with E-state index in [1.165, 1.54) is 0 Å². The largest absolute Gasteiger partial charge is 0.457 e. The van der Waals surface area contributed by atoms with Crippen LogP contribution < -0.4 is 15.1 Å². The first-order chi connectivity index (χ1) is 14.5. The molecule has 0 saturated carbocycles. The number of aryl methyl sites for hydroxylation is 1. The quantitative estimate of drug-likeness (QED) is 0.376. The van der Waals surface area contributed by atoms with Crippen LogP contribution in [0.2, 0.25) is 0 Å². The summed E-state index contributed by atoms with van der Waals surface area (Å²) in [6.45, 7) is 1.88. The number of ether oxygens (including phenoxy) is 1. The molecule has 0 aliphatic heterocycles. The Bertz CT molecular complexity index is 1210. The lowest BCUT2D eigenvalue weighted by atomic mass is 10.2. The number of carbonyl (C=O) groups is 1. The van der Waals surface area contributed by atoms with Gasteiger partial charge in [0.25, 0.3) is 5.91 Å². The molecule has 3 aromatic carbocycles. The summed E-state index contributed by atoms with van der Waals surface area (Å²) in [4.78, 5) is 22.6. The van der Waals surface area contributed by atoms with Crippen molar-refractivity contribution in [1.82, 2.24) is 15.4 Å². The molecule has 1 aromatic heterocycles. The number of amides is 1. The van der Waals surface area contributed by atoms with Gasteiger partial charge in [-0.2, -0.15) is 0 Å². The minimum Gasteiger partial charge on any atom is -0.457 e. The molecule has 0 unspecified atom stereocenters. The lowest BCUT2D eigenvalue weighted by molar-refractivity contribution is 0.0706. The molecule has 0 aliphatic carbocycles. The summed E-state index contributed by atoms with van der Waals surface area (Å²) in [5.74, 6) is 2.17. The molecule has 0 radical (unpaired) electrons. The van der Waals surface area contributed by atoms with Crippen LogP contribution >= 0.6 is 0 Å². The zero-order chi connectivity index (χ0) is 21.1. The van der Waals surface area contributed by atoms with E-state index in [1.54, 1.807) is 29.7 Å². The summed E-state index contributed by atoms with van der Waals surface area (Å²) in [5, 5.41) is 9.68. The van der Waals surface area contributed by atoms with E-state index in [1.807, 2.05) is 67.4 Å². The molecule has 0 saturated heterocycles. The van der Waals surface area contributed by atoms with Crippen molar-refractivity contribution in [3.8, 4) is 11.5 Å². The van der Waals surface area contributed by atoms with Gasteiger partial charge in [0.1, 0.15) is 23.1 Å². The summed E-state index contributed by atoms with van der Waals surface area (Å²) in [6, 6.07) is 22.1. The fourth-order valence-corrected chi connectivity index (χ4v) is 3.18. The van der Waals surface area contributed by atoms with Gasteiger partial charge in [0.15, 0.2) is 0 Å². The highest BCUT2D eigenvalue weighted by Crippen LogP contribution is 2.32. The number of nitrogens with one attached hydrogen (secondary N) is 1. The standard InChI is InChI=1S/C23H20N4O3/c1-15-24-21-9-4-3-8-20(21)22(25-15)27(2)17-6-5-7-19(14-17)30-18-12-10-16(11-13-18)23(28)26-29/h3-14,29H,1-2H3,(H,26,28). The van der Waals surface area contributed by atoms with E-state index in [4.69, 9.17) is 9.94 Å². The van der Waals surface area contributed by atoms with E-state index in [-0.39, 0.29) is 0 Å². The molecule has 30 heavy (non-hydrogen) atoms. The van der Waals surface area contributed by atoms with E-state index in [9.17, 15) is 4.79 Å². The molecule has 4 rings (SSSR count). The highest BCUT2D eigenvalue weighted by Gasteiger charge is 2.13. The molecule has 150 valence electrons. The minimum atomic E-state index is -0.572. The number of aromatic nitrogens is 2. The monoisotopic (exact) mass is 400 g/mol. The fraction of sp³-hybridized carbons (Fsp3) is 0.0870. The number of hydroxylamine groups is 1. The van der Waals surface area contributed by atoms with Gasteiger partial charge >= 0.3 is 0 Å². The van der Waals surface area contributed by atoms with Crippen LogP contribution in [0.4, 0.5) is 11.5 Å². The third-order valence-corrected chi connectivity index (χ3v) is 4.67. The molecule has 1 heterocycles. The summed E-state index contributed by atoms with van der Waals surface area (Å²) in [6.07, 6.45) is 0. The van der Waals surface area contributed by atoms with Crippen LogP contribution in [-0.4, -0.2) is 28.1 Å². The van der Waals surface area contributed by atoms with Crippen molar-refractivity contribution in [1.29, 1.82) is 0 Å². The number of benzene rings is 3. The number of fused-ring (bicyclic) bond motifs is 1. The lowest BCUT2D eigenvalue weighted by Crippen LogP contribution is -2.18. The molecule has 0 bridgehead atoms. The number of carbonyl (C=O) groups excluding carboxylic acids is 1. The van der Waals surface area contributed by atoms with Gasteiger partial charge in [-0.05, 0) is 55.5 Å². The number of rotatable bonds is 5. The van der Waals surface area contributed by atoms with Gasteiger partial charge < -0.3 is 9.64 Å². The highest BCUT2D eigenvalue weighted by molar-refractivity contribution is 5.93. The first-order valence-corrected chi connectivity index (χ1v) is 9.34. The summed E-state index contributed by atoms with van der Waals surface area (Å²) >= 11 is 0. The molecular formula is C23H20N4O3. The Kier molecular flexibility index (Phi) is 5.28. The molecular weight excluding hydrogens is 380 g/mol. The van der Waals surface area contributed by atoms with Crippen LogP contribution in [0.3, 0.4) is 0 Å². The summed E-state index contributed by atoms with van der Waals surface area (Å²) in [7, 11) is 1.95. The second-order valence-electron chi connectivity index (χ2n) is 6.74. The first kappa shape index (κ1) is 19.4. The van der Waals surface area contributed by atoms with E-state index in [0.29, 0.717) is 22.9 Å². The molecule has 0 fully saturated rings. The molecule has 4 aromatic rings. The highest BCUT2D eigenvalue weighted by atomic mass is 16.5. The normalized spacial score (nSPS) is 10.6. The van der Waals surface area contributed by atoms with E-state index < -0.39 is 5.91 Å². The molecule has 0 atom stereocenters. The van der Waals surface area contributed by atoms with Gasteiger partial charge in [0.2, 0.25) is 0 Å². The van der Waals surface area contributed by atoms with Crippen LogP contribution in [0.5, 0.6) is 11.5 Å². The van der Waals surface area contributed by atoms with E-state index in [2.05, 4.69) is 9.97 Å². The van der Waals surface area contributed by atoms with Crippen LogP contribution in [0.15, 0.2) is 72.8 Å². The average Bonchev–Trinajstić information content (AvgIpc) is 2.78. The fourth-order valence-electron chi connectivity index (χ4n) is 3.18. The number of nitrogens with zero attached hydrogens (tertiary/aromatic N) is 3. The smallest absolute Gasteiger partial charge is 0.274 e. The molecule has 0 aliphatic rings. The first-order valence-electron chi connectivity index (χ1n) is 9.34. The second-order valence-corrected chi connectivity index (χ2v) is 6.74. The Labute approximate surface area is 173 Å². The molecule has 1 amide bonds. The van der Waals surface area contributed by atoms with Gasteiger partial charge in [0.05, 0.1) is 5.52 Å². The van der Waals surface area contributed by atoms with Crippen molar-refractivity contribution in [3.63, 3.8) is 0 Å². The SMILES string of the molecule is Cc1nc(N(C)c2cccc(Oc3ccc(C(=O)NO)cc3)c2)c2ccccc2n1. The Morgan fingerprint density at radius 2 is 1.73 bits per heavy atom. The summed E-state index contributed by atoms with van der Waals surface area (Å²) in [5.41, 5.74) is 3.75. The molecule has 7 heteroatoms. The Balaban J connectivity index is 1.62. The van der Waals surface area contributed by atoms with Crippen molar-refractivity contribution >= 4 is 28.3 Å². The maximum Gasteiger partial charge on any atom is 0.274 e. The Morgan fingerprint density at radius 3 is 2.50 bits per heavy atom. The van der Waals surface area contributed by atoms with Crippen molar-refractivity contribution < 1.29 is 14.7 Å². The molecule has 7 nitrogen and oxygen atoms in total. The predicted molar refractivity (Wildman–Crippen MR) is 115 cm³/mol. The van der Waals surface area contributed by atoms with E-state index >= 15 is 0 Å². The topological polar surface area (TPSA) is 87.6 Å².